The molecule has 0 aromatic carbocycles. The van der Waals surface area contributed by atoms with Crippen LogP contribution in [-0.4, -0.2) is 25.7 Å². The Morgan fingerprint density at radius 1 is 1.15 bits per heavy atom. The summed E-state index contributed by atoms with van der Waals surface area (Å²) in [6.07, 6.45) is 1.45. The van der Waals surface area contributed by atoms with E-state index in [1.165, 1.54) is 0 Å². The fourth-order valence-electron chi connectivity index (χ4n) is 0.883. The quantitative estimate of drug-likeness (QED) is 0.503. The molecule has 0 radical (unpaired) electrons. The number of hydrogen-bond donors (Lipinski definition) is 2. The molecule has 0 aromatic heterocycles. The highest BCUT2D eigenvalue weighted by atomic mass is 32.2. The summed E-state index contributed by atoms with van der Waals surface area (Å²) < 4.78 is 43.1. The Labute approximate surface area is 78.4 Å². The van der Waals surface area contributed by atoms with Gasteiger partial charge in [-0.1, -0.05) is 12.8 Å². The van der Waals surface area contributed by atoms with Crippen molar-refractivity contribution in [2.75, 3.05) is 6.61 Å². The van der Waals surface area contributed by atoms with Gasteiger partial charge in [-0.15, -0.1) is 0 Å². The van der Waals surface area contributed by atoms with Gasteiger partial charge in [-0.3, -0.25) is 0 Å². The van der Waals surface area contributed by atoms with E-state index in [1.807, 2.05) is 0 Å². The molecule has 0 fully saturated rings. The zero-order valence-corrected chi connectivity index (χ0v) is 8.03. The molecule has 0 aliphatic heterocycles. The molecule has 0 aromatic rings. The number of alkyl halides is 2. The summed E-state index contributed by atoms with van der Waals surface area (Å²) in [5.41, 5.74) is 0. The van der Waals surface area contributed by atoms with Crippen LogP contribution >= 0.6 is 0 Å². The van der Waals surface area contributed by atoms with Gasteiger partial charge in [0.2, 0.25) is 11.1 Å². The molecular weight excluding hydrogens is 202 g/mol. The lowest BCUT2D eigenvalue weighted by atomic mass is 10.1. The monoisotopic (exact) mass is 216 g/mol. The molecule has 0 aliphatic rings. The molecule has 0 rings (SSSR count). The molecule has 0 saturated heterocycles. The first-order chi connectivity index (χ1) is 6.00. The van der Waals surface area contributed by atoms with Gasteiger partial charge in [0, 0.05) is 13.0 Å². The molecule has 0 saturated carbocycles. The summed E-state index contributed by atoms with van der Waals surface area (Å²) >= 11 is -3.07. The second-order valence-corrected chi connectivity index (χ2v) is 3.87. The van der Waals surface area contributed by atoms with E-state index < -0.39 is 22.8 Å². The Bertz CT molecular complexity index is 164. The number of rotatable bonds is 7. The first kappa shape index (κ1) is 12.9. The highest BCUT2D eigenvalue weighted by Gasteiger charge is 2.35. The fraction of sp³-hybridized carbons (Fsp3) is 1.00. The molecule has 0 bridgehead atoms. The van der Waals surface area contributed by atoms with Gasteiger partial charge in [-0.2, -0.15) is 8.78 Å². The van der Waals surface area contributed by atoms with Gasteiger partial charge < -0.3 is 9.66 Å². The Kier molecular flexibility index (Phi) is 6.36. The standard InChI is InChI=1S/C7H14F2O3S/c8-7(9,13(11)12)5-3-1-2-4-6-10/h10H,1-6H2,(H,11,12). The van der Waals surface area contributed by atoms with Crippen LogP contribution in [0, 0.1) is 0 Å². The minimum absolute atomic E-state index is 0.0579. The summed E-state index contributed by atoms with van der Waals surface area (Å²) in [5.74, 6) is 0. The third kappa shape index (κ3) is 6.06. The highest BCUT2D eigenvalue weighted by Crippen LogP contribution is 2.24. The van der Waals surface area contributed by atoms with Gasteiger partial charge in [0.15, 0.2) is 0 Å². The minimum Gasteiger partial charge on any atom is -0.396 e. The second-order valence-electron chi connectivity index (χ2n) is 2.77. The fourth-order valence-corrected chi connectivity index (χ4v) is 1.20. The van der Waals surface area contributed by atoms with Gasteiger partial charge in [-0.05, 0) is 12.8 Å². The maximum absolute atomic E-state index is 12.5. The number of aliphatic hydroxyl groups excluding tert-OH is 1. The van der Waals surface area contributed by atoms with E-state index in [0.29, 0.717) is 19.3 Å². The Morgan fingerprint density at radius 3 is 2.15 bits per heavy atom. The first-order valence-corrected chi connectivity index (χ1v) is 5.21. The Balaban J connectivity index is 3.46. The molecular formula is C7H14F2O3S. The zero-order chi connectivity index (χ0) is 10.3. The van der Waals surface area contributed by atoms with Crippen LogP contribution in [0.4, 0.5) is 8.78 Å². The largest absolute Gasteiger partial charge is 0.396 e. The molecule has 2 N–H and O–H groups in total. The molecule has 6 heteroatoms. The van der Waals surface area contributed by atoms with E-state index in [0.717, 1.165) is 0 Å². The first-order valence-electron chi connectivity index (χ1n) is 4.10. The predicted octanol–water partition coefficient (Wildman–Crippen LogP) is 1.74. The highest BCUT2D eigenvalue weighted by molar-refractivity contribution is 7.80. The van der Waals surface area contributed by atoms with Gasteiger partial charge in [0.1, 0.15) is 0 Å². The molecule has 80 valence electrons. The summed E-state index contributed by atoms with van der Waals surface area (Å²) in [6, 6.07) is 0. The van der Waals surface area contributed by atoms with Crippen LogP contribution in [0.2, 0.25) is 0 Å². The van der Waals surface area contributed by atoms with E-state index >= 15 is 0 Å². The van der Waals surface area contributed by atoms with Crippen molar-refractivity contribution in [3.63, 3.8) is 0 Å². The van der Waals surface area contributed by atoms with Crippen molar-refractivity contribution in [2.45, 2.75) is 37.4 Å². The van der Waals surface area contributed by atoms with Crippen LogP contribution in [0.3, 0.4) is 0 Å². The van der Waals surface area contributed by atoms with E-state index in [2.05, 4.69) is 0 Å². The normalized spacial score (nSPS) is 14.5. The van der Waals surface area contributed by atoms with Crippen molar-refractivity contribution < 1.29 is 22.6 Å². The SMILES string of the molecule is O=S(O)C(F)(F)CCCCCCO. The summed E-state index contributed by atoms with van der Waals surface area (Å²) in [7, 11) is 0. The molecule has 0 aliphatic carbocycles. The van der Waals surface area contributed by atoms with Crippen molar-refractivity contribution in [1.29, 1.82) is 0 Å². The van der Waals surface area contributed by atoms with E-state index in [-0.39, 0.29) is 13.0 Å². The van der Waals surface area contributed by atoms with Crippen LogP contribution < -0.4 is 0 Å². The smallest absolute Gasteiger partial charge is 0.345 e. The number of halogens is 2. The third-order valence-corrected chi connectivity index (χ3v) is 2.35. The van der Waals surface area contributed by atoms with Crippen molar-refractivity contribution in [2.24, 2.45) is 0 Å². The number of unbranched alkanes of at least 4 members (excludes halogenated alkanes) is 3. The summed E-state index contributed by atoms with van der Waals surface area (Å²) in [6.45, 7) is 0.0579. The van der Waals surface area contributed by atoms with Crippen LogP contribution in [0.5, 0.6) is 0 Å². The number of hydrogen-bond acceptors (Lipinski definition) is 2. The molecule has 13 heavy (non-hydrogen) atoms. The molecule has 3 nitrogen and oxygen atoms in total. The number of aliphatic hydroxyl groups is 1. The van der Waals surface area contributed by atoms with Crippen LogP contribution in [-0.2, 0) is 11.1 Å². The van der Waals surface area contributed by atoms with Crippen molar-refractivity contribution in [3.8, 4) is 0 Å². The van der Waals surface area contributed by atoms with Crippen molar-refractivity contribution in [1.82, 2.24) is 0 Å². The van der Waals surface area contributed by atoms with E-state index in [9.17, 15) is 13.0 Å². The average Bonchev–Trinajstić information content (AvgIpc) is 2.03. The molecule has 0 heterocycles. The average molecular weight is 216 g/mol. The van der Waals surface area contributed by atoms with Gasteiger partial charge in [0.05, 0.1) is 0 Å². The summed E-state index contributed by atoms with van der Waals surface area (Å²) in [4.78, 5) is 0. The predicted molar refractivity (Wildman–Crippen MR) is 45.9 cm³/mol. The van der Waals surface area contributed by atoms with Crippen molar-refractivity contribution in [3.05, 3.63) is 0 Å². The lowest BCUT2D eigenvalue weighted by Gasteiger charge is -2.10. The second kappa shape index (κ2) is 6.39. The lowest BCUT2D eigenvalue weighted by Crippen LogP contribution is -2.22. The van der Waals surface area contributed by atoms with Gasteiger partial charge in [0.25, 0.3) is 0 Å². The van der Waals surface area contributed by atoms with Gasteiger partial charge >= 0.3 is 5.25 Å². The van der Waals surface area contributed by atoms with Crippen LogP contribution in [0.25, 0.3) is 0 Å². The minimum atomic E-state index is -3.49. The summed E-state index contributed by atoms with van der Waals surface area (Å²) in [5, 5.41) is 4.89. The van der Waals surface area contributed by atoms with E-state index in [1.54, 1.807) is 0 Å². The third-order valence-electron chi connectivity index (χ3n) is 1.63. The zero-order valence-electron chi connectivity index (χ0n) is 7.21. The Hall–Kier alpha value is -0.0700. The molecule has 0 amide bonds. The molecule has 1 unspecified atom stereocenters. The lowest BCUT2D eigenvalue weighted by molar-refractivity contribution is 0.0770. The van der Waals surface area contributed by atoms with Crippen LogP contribution in [0.15, 0.2) is 0 Å². The molecule has 0 spiro atoms. The van der Waals surface area contributed by atoms with Crippen molar-refractivity contribution >= 4 is 11.1 Å². The van der Waals surface area contributed by atoms with Gasteiger partial charge in [-0.25, -0.2) is 4.21 Å². The molecule has 1 atom stereocenters. The Morgan fingerprint density at radius 2 is 1.69 bits per heavy atom. The topological polar surface area (TPSA) is 57.5 Å². The maximum Gasteiger partial charge on any atom is 0.345 e. The van der Waals surface area contributed by atoms with Crippen LogP contribution in [0.1, 0.15) is 32.1 Å². The maximum atomic E-state index is 12.5. The van der Waals surface area contributed by atoms with E-state index in [4.69, 9.17) is 9.66 Å².